The highest BCUT2D eigenvalue weighted by Crippen LogP contribution is 2.24. The van der Waals surface area contributed by atoms with Gasteiger partial charge in [0.25, 0.3) is 0 Å². The third-order valence-corrected chi connectivity index (χ3v) is 5.14. The Morgan fingerprint density at radius 1 is 0.677 bits per heavy atom. The molecule has 3 aromatic carbocycles. The largest absolute Gasteiger partial charge is 0.210 e. The van der Waals surface area contributed by atoms with Gasteiger partial charge in [-0.15, -0.1) is 5.10 Å². The molecule has 5 rings (SSSR count). The summed E-state index contributed by atoms with van der Waals surface area (Å²) in [6.07, 6.45) is 1.85. The zero-order valence-corrected chi connectivity index (χ0v) is 16.4. The molecule has 0 amide bonds. The van der Waals surface area contributed by atoms with Gasteiger partial charge in [0.15, 0.2) is 11.5 Å². The number of aromatic nitrogens is 3. The number of hydrogen-bond acceptors (Lipinski definition) is 4. The lowest BCUT2D eigenvalue weighted by molar-refractivity contribution is 0.944. The van der Waals surface area contributed by atoms with Gasteiger partial charge in [-0.25, -0.2) is 9.50 Å². The maximum atomic E-state index is 9.67. The van der Waals surface area contributed by atoms with E-state index >= 15 is 0 Å². The number of hydrogen-bond donors (Lipinski definition) is 0. The molecule has 0 bridgehead atoms. The SMILES string of the molecule is N#Cc1c(C#N)c2nc(-c3ccc(-c4ccccc4)cc3)nn2/c1=C/c1ccccc1. The summed E-state index contributed by atoms with van der Waals surface area (Å²) in [5, 5.41) is 24.5. The third kappa shape index (κ3) is 3.21. The number of rotatable bonds is 3. The van der Waals surface area contributed by atoms with E-state index in [0.29, 0.717) is 16.8 Å². The average Bonchev–Trinajstić information content (AvgIpc) is 3.38. The molecule has 31 heavy (non-hydrogen) atoms. The van der Waals surface area contributed by atoms with Crippen molar-refractivity contribution in [2.75, 3.05) is 0 Å². The number of benzene rings is 3. The standard InChI is InChI=1S/C26H15N5/c27-16-22-23(17-28)26-29-25(30-31(26)24(22)15-18-7-3-1-4-8-18)21-13-11-20(12-14-21)19-9-5-2-6-10-19/h1-15H/b24-15+. The first-order valence-corrected chi connectivity index (χ1v) is 9.74. The van der Waals surface area contributed by atoms with Crippen LogP contribution in [0.2, 0.25) is 0 Å². The Hall–Kier alpha value is -4.74. The van der Waals surface area contributed by atoms with E-state index in [1.54, 1.807) is 4.52 Å². The lowest BCUT2D eigenvalue weighted by Crippen LogP contribution is -2.13. The Kier molecular flexibility index (Phi) is 4.48. The van der Waals surface area contributed by atoms with Crippen molar-refractivity contribution in [2.45, 2.75) is 0 Å². The molecule has 0 radical (unpaired) electrons. The molecule has 5 nitrogen and oxygen atoms in total. The van der Waals surface area contributed by atoms with Crippen molar-refractivity contribution in [2.24, 2.45) is 0 Å². The van der Waals surface area contributed by atoms with Crippen molar-refractivity contribution in [1.82, 2.24) is 14.6 Å². The average molecular weight is 397 g/mol. The van der Waals surface area contributed by atoms with Crippen LogP contribution in [0.4, 0.5) is 0 Å². The van der Waals surface area contributed by atoms with Gasteiger partial charge in [-0.3, -0.25) is 0 Å². The summed E-state index contributed by atoms with van der Waals surface area (Å²) in [4.78, 5) is 4.59. The maximum absolute atomic E-state index is 9.67. The van der Waals surface area contributed by atoms with Crippen LogP contribution in [0.25, 0.3) is 34.2 Å². The van der Waals surface area contributed by atoms with Gasteiger partial charge in [0.1, 0.15) is 17.7 Å². The minimum atomic E-state index is 0.240. The van der Waals surface area contributed by atoms with E-state index in [4.69, 9.17) is 0 Å². The van der Waals surface area contributed by atoms with Crippen LogP contribution in [-0.2, 0) is 0 Å². The van der Waals surface area contributed by atoms with Gasteiger partial charge < -0.3 is 0 Å². The summed E-state index contributed by atoms with van der Waals surface area (Å²) >= 11 is 0. The molecular formula is C26H15N5. The summed E-state index contributed by atoms with van der Waals surface area (Å²) in [5.74, 6) is 0.512. The molecule has 0 aliphatic heterocycles. The summed E-state index contributed by atoms with van der Waals surface area (Å²) in [6, 6.07) is 32.0. The van der Waals surface area contributed by atoms with Gasteiger partial charge in [0, 0.05) is 5.56 Å². The Morgan fingerprint density at radius 3 is 1.90 bits per heavy atom. The van der Waals surface area contributed by atoms with Crippen molar-refractivity contribution in [3.8, 4) is 34.7 Å². The molecular weight excluding hydrogens is 382 g/mol. The van der Waals surface area contributed by atoms with Gasteiger partial charge in [-0.1, -0.05) is 84.9 Å². The van der Waals surface area contributed by atoms with Crippen LogP contribution in [0.5, 0.6) is 0 Å². The predicted octanol–water partition coefficient (Wildman–Crippen LogP) is 4.35. The fraction of sp³-hybridized carbons (Fsp3) is 0. The van der Waals surface area contributed by atoms with Crippen molar-refractivity contribution >= 4 is 11.7 Å². The number of fused-ring (bicyclic) bond motifs is 1. The minimum Gasteiger partial charge on any atom is -0.210 e. The van der Waals surface area contributed by atoms with Crippen molar-refractivity contribution in [3.05, 3.63) is 107 Å². The zero-order chi connectivity index (χ0) is 21.2. The van der Waals surface area contributed by atoms with Gasteiger partial charge >= 0.3 is 0 Å². The van der Waals surface area contributed by atoms with Crippen molar-refractivity contribution in [1.29, 1.82) is 10.5 Å². The highest BCUT2D eigenvalue weighted by molar-refractivity contribution is 5.72. The Morgan fingerprint density at radius 2 is 1.26 bits per heavy atom. The van der Waals surface area contributed by atoms with E-state index in [-0.39, 0.29) is 11.1 Å². The molecule has 144 valence electrons. The summed E-state index contributed by atoms with van der Waals surface area (Å²) < 4.78 is 1.59. The monoisotopic (exact) mass is 397 g/mol. The van der Waals surface area contributed by atoms with E-state index in [1.165, 1.54) is 0 Å². The number of nitrogens with zero attached hydrogens (tertiary/aromatic N) is 5. The lowest BCUT2D eigenvalue weighted by atomic mass is 10.0. The molecule has 0 unspecified atom stereocenters. The fourth-order valence-electron chi connectivity index (χ4n) is 3.61. The topological polar surface area (TPSA) is 77.8 Å². The van der Waals surface area contributed by atoms with Gasteiger partial charge in [0.2, 0.25) is 0 Å². The quantitative estimate of drug-likeness (QED) is 0.453. The molecule has 2 heterocycles. The first-order chi connectivity index (χ1) is 15.3. The van der Waals surface area contributed by atoms with Crippen LogP contribution in [0.3, 0.4) is 0 Å². The molecule has 2 aromatic heterocycles. The van der Waals surface area contributed by atoms with Crippen LogP contribution in [0.15, 0.2) is 84.9 Å². The van der Waals surface area contributed by atoms with Gasteiger partial charge in [-0.2, -0.15) is 10.5 Å². The van der Waals surface area contributed by atoms with Gasteiger partial charge in [0.05, 0.1) is 10.9 Å². The van der Waals surface area contributed by atoms with Crippen LogP contribution in [0, 0.1) is 22.7 Å². The highest BCUT2D eigenvalue weighted by Gasteiger charge is 2.19. The second-order valence-corrected chi connectivity index (χ2v) is 7.03. The molecule has 0 aliphatic carbocycles. The fourth-order valence-corrected chi connectivity index (χ4v) is 3.61. The summed E-state index contributed by atoms with van der Waals surface area (Å²) in [7, 11) is 0. The van der Waals surface area contributed by atoms with Crippen molar-refractivity contribution < 1.29 is 0 Å². The zero-order valence-electron chi connectivity index (χ0n) is 16.4. The van der Waals surface area contributed by atoms with E-state index in [9.17, 15) is 10.5 Å². The normalized spacial score (nSPS) is 11.4. The first kappa shape index (κ1) is 18.3. The molecule has 0 atom stereocenters. The third-order valence-electron chi connectivity index (χ3n) is 5.14. The molecule has 0 spiro atoms. The van der Waals surface area contributed by atoms with E-state index in [2.05, 4.69) is 34.4 Å². The lowest BCUT2D eigenvalue weighted by Gasteiger charge is -2.02. The van der Waals surface area contributed by atoms with Crippen LogP contribution in [0.1, 0.15) is 16.7 Å². The van der Waals surface area contributed by atoms with Crippen LogP contribution < -0.4 is 5.35 Å². The van der Waals surface area contributed by atoms with E-state index in [1.807, 2.05) is 78.9 Å². The molecule has 0 fully saturated rings. The Bertz CT molecular complexity index is 1520. The first-order valence-electron chi connectivity index (χ1n) is 9.74. The van der Waals surface area contributed by atoms with E-state index < -0.39 is 0 Å². The molecule has 5 heteroatoms. The maximum Gasteiger partial charge on any atom is 0.182 e. The Balaban J connectivity index is 1.65. The number of nitriles is 2. The van der Waals surface area contributed by atoms with Gasteiger partial charge in [-0.05, 0) is 22.8 Å². The Labute approximate surface area is 178 Å². The van der Waals surface area contributed by atoms with E-state index in [0.717, 1.165) is 22.3 Å². The molecule has 0 N–H and O–H groups in total. The summed E-state index contributed by atoms with van der Waals surface area (Å²) in [5.41, 5.74) is 4.91. The minimum absolute atomic E-state index is 0.240. The van der Waals surface area contributed by atoms with Crippen molar-refractivity contribution in [3.63, 3.8) is 0 Å². The molecule has 0 aliphatic rings. The second kappa shape index (κ2) is 7.59. The summed E-state index contributed by atoms with van der Waals surface area (Å²) in [6.45, 7) is 0. The van der Waals surface area contributed by atoms with Crippen LogP contribution in [-0.4, -0.2) is 14.6 Å². The molecule has 0 saturated carbocycles. The second-order valence-electron chi connectivity index (χ2n) is 7.03. The molecule has 5 aromatic rings. The molecule has 0 saturated heterocycles. The predicted molar refractivity (Wildman–Crippen MR) is 119 cm³/mol. The highest BCUT2D eigenvalue weighted by atomic mass is 15.3. The van der Waals surface area contributed by atoms with Crippen LogP contribution >= 0.6 is 0 Å². The smallest absolute Gasteiger partial charge is 0.182 e.